The van der Waals surface area contributed by atoms with Gasteiger partial charge in [-0.2, -0.15) is 8.78 Å². The molecule has 0 saturated carbocycles. The van der Waals surface area contributed by atoms with Crippen molar-refractivity contribution in [2.45, 2.75) is 32.8 Å². The van der Waals surface area contributed by atoms with Crippen LogP contribution >= 0.6 is 0 Å². The summed E-state index contributed by atoms with van der Waals surface area (Å²) in [6, 6.07) is 4.76. The van der Waals surface area contributed by atoms with Gasteiger partial charge < -0.3 is 15.4 Å². The third-order valence-electron chi connectivity index (χ3n) is 3.63. The van der Waals surface area contributed by atoms with E-state index in [0.29, 0.717) is 23.6 Å². The Balaban J connectivity index is 1.87. The van der Waals surface area contributed by atoms with Gasteiger partial charge >= 0.3 is 6.61 Å². The molecule has 2 rings (SSSR count). The molecular weight excluding hydrogens is 278 g/mol. The molecule has 0 aromatic heterocycles. The molecular formula is C15H20F2N2O2. The lowest BCUT2D eigenvalue weighted by Gasteiger charge is -2.12. The van der Waals surface area contributed by atoms with E-state index in [4.69, 9.17) is 0 Å². The van der Waals surface area contributed by atoms with E-state index in [1.807, 2.05) is 0 Å². The summed E-state index contributed by atoms with van der Waals surface area (Å²) in [5.74, 6) is 0.531. The molecule has 1 amide bonds. The monoisotopic (exact) mass is 298 g/mol. The van der Waals surface area contributed by atoms with Crippen molar-refractivity contribution < 1.29 is 18.3 Å². The Morgan fingerprint density at radius 2 is 2.33 bits per heavy atom. The molecule has 1 heterocycles. The van der Waals surface area contributed by atoms with E-state index in [1.54, 1.807) is 19.1 Å². The second-order valence-electron chi connectivity index (χ2n) is 5.30. The highest BCUT2D eigenvalue weighted by Crippen LogP contribution is 2.24. The van der Waals surface area contributed by atoms with Gasteiger partial charge in [-0.15, -0.1) is 0 Å². The zero-order valence-corrected chi connectivity index (χ0v) is 12.0. The number of nitrogens with one attached hydrogen (secondary N) is 2. The van der Waals surface area contributed by atoms with Gasteiger partial charge in [0.05, 0.1) is 0 Å². The average molecular weight is 298 g/mol. The van der Waals surface area contributed by atoms with Crippen molar-refractivity contribution in [1.29, 1.82) is 0 Å². The number of ether oxygens (including phenoxy) is 1. The SMILES string of the molecule is Cc1ccc(NC(=O)CCC2CCNC2)cc1OC(F)F. The van der Waals surface area contributed by atoms with Gasteiger partial charge in [-0.05, 0) is 50.4 Å². The van der Waals surface area contributed by atoms with Gasteiger partial charge in [-0.1, -0.05) is 6.07 Å². The van der Waals surface area contributed by atoms with Crippen molar-refractivity contribution in [2.24, 2.45) is 5.92 Å². The molecule has 4 nitrogen and oxygen atoms in total. The molecule has 2 N–H and O–H groups in total. The normalized spacial score (nSPS) is 18.0. The predicted octanol–water partition coefficient (Wildman–Crippen LogP) is 2.92. The molecule has 1 aliphatic heterocycles. The minimum Gasteiger partial charge on any atom is -0.434 e. The van der Waals surface area contributed by atoms with Gasteiger partial charge in [0.2, 0.25) is 5.91 Å². The van der Waals surface area contributed by atoms with Crippen LogP contribution in [0.4, 0.5) is 14.5 Å². The topological polar surface area (TPSA) is 50.4 Å². The van der Waals surface area contributed by atoms with Crippen LogP contribution in [0.15, 0.2) is 18.2 Å². The lowest BCUT2D eigenvalue weighted by molar-refractivity contribution is -0.116. The first-order valence-electron chi connectivity index (χ1n) is 7.10. The summed E-state index contributed by atoms with van der Waals surface area (Å²) < 4.78 is 29.0. The van der Waals surface area contributed by atoms with Gasteiger partial charge in [0.25, 0.3) is 0 Å². The maximum absolute atomic E-state index is 12.3. The number of benzene rings is 1. The van der Waals surface area contributed by atoms with Gasteiger partial charge in [0.1, 0.15) is 5.75 Å². The first-order valence-corrected chi connectivity index (χ1v) is 7.10. The number of aryl methyl sites for hydroxylation is 1. The van der Waals surface area contributed by atoms with Gasteiger partial charge in [-0.3, -0.25) is 4.79 Å². The van der Waals surface area contributed by atoms with Crippen LogP contribution in [0.25, 0.3) is 0 Å². The quantitative estimate of drug-likeness (QED) is 0.849. The molecule has 1 fully saturated rings. The summed E-state index contributed by atoms with van der Waals surface area (Å²) >= 11 is 0. The van der Waals surface area contributed by atoms with Crippen molar-refractivity contribution in [3.05, 3.63) is 23.8 Å². The minimum atomic E-state index is -2.87. The van der Waals surface area contributed by atoms with Crippen molar-refractivity contribution >= 4 is 11.6 Å². The Kier molecular flexibility index (Phi) is 5.50. The molecule has 1 aromatic rings. The lowest BCUT2D eigenvalue weighted by atomic mass is 10.0. The molecule has 6 heteroatoms. The molecule has 1 aromatic carbocycles. The zero-order valence-electron chi connectivity index (χ0n) is 12.0. The first-order chi connectivity index (χ1) is 10.0. The Hall–Kier alpha value is -1.69. The molecule has 1 aliphatic rings. The van der Waals surface area contributed by atoms with Crippen molar-refractivity contribution in [3.63, 3.8) is 0 Å². The average Bonchev–Trinajstić information content (AvgIpc) is 2.93. The predicted molar refractivity (Wildman–Crippen MR) is 76.7 cm³/mol. The molecule has 1 saturated heterocycles. The molecule has 1 unspecified atom stereocenters. The zero-order chi connectivity index (χ0) is 15.2. The smallest absolute Gasteiger partial charge is 0.387 e. The van der Waals surface area contributed by atoms with Crippen molar-refractivity contribution in [3.8, 4) is 5.75 Å². The third kappa shape index (κ3) is 4.97. The van der Waals surface area contributed by atoms with E-state index in [2.05, 4.69) is 15.4 Å². The van der Waals surface area contributed by atoms with Crippen molar-refractivity contribution in [1.82, 2.24) is 5.32 Å². The largest absolute Gasteiger partial charge is 0.434 e. The number of carbonyl (C=O) groups excluding carboxylic acids is 1. The number of rotatable bonds is 6. The molecule has 0 bridgehead atoms. The lowest BCUT2D eigenvalue weighted by Crippen LogP contribution is -2.15. The number of hydrogen-bond donors (Lipinski definition) is 2. The standard InChI is InChI=1S/C15H20F2N2O2/c1-10-2-4-12(8-13(10)21-15(16)17)19-14(20)5-3-11-6-7-18-9-11/h2,4,8,11,15,18H,3,5-7,9H2,1H3,(H,19,20). The summed E-state index contributed by atoms with van der Waals surface area (Å²) in [7, 11) is 0. The number of hydrogen-bond acceptors (Lipinski definition) is 3. The molecule has 21 heavy (non-hydrogen) atoms. The highest BCUT2D eigenvalue weighted by atomic mass is 19.3. The van der Waals surface area contributed by atoms with Crippen molar-refractivity contribution in [2.75, 3.05) is 18.4 Å². The summed E-state index contributed by atoms with van der Waals surface area (Å²) in [6.45, 7) is 0.781. The molecule has 116 valence electrons. The Morgan fingerprint density at radius 3 is 3.00 bits per heavy atom. The summed E-state index contributed by atoms with van der Waals surface area (Å²) in [6.07, 6.45) is 2.38. The van der Waals surface area contributed by atoms with Crippen LogP contribution < -0.4 is 15.4 Å². The molecule has 0 radical (unpaired) electrons. The maximum Gasteiger partial charge on any atom is 0.387 e. The van der Waals surface area contributed by atoms with Crippen LogP contribution in [0.2, 0.25) is 0 Å². The highest BCUT2D eigenvalue weighted by Gasteiger charge is 2.16. The number of halogens is 2. The molecule has 1 atom stereocenters. The van der Waals surface area contributed by atoms with Crippen LogP contribution in [-0.2, 0) is 4.79 Å². The van der Waals surface area contributed by atoms with E-state index in [9.17, 15) is 13.6 Å². The second kappa shape index (κ2) is 7.36. The summed E-state index contributed by atoms with van der Waals surface area (Å²) in [5.41, 5.74) is 1.08. The van der Waals surface area contributed by atoms with E-state index >= 15 is 0 Å². The van der Waals surface area contributed by atoms with E-state index in [-0.39, 0.29) is 11.7 Å². The third-order valence-corrected chi connectivity index (χ3v) is 3.63. The van der Waals surface area contributed by atoms with E-state index in [1.165, 1.54) is 6.07 Å². The number of carbonyl (C=O) groups is 1. The van der Waals surface area contributed by atoms with Gasteiger partial charge in [-0.25, -0.2) is 0 Å². The Labute approximate surface area is 122 Å². The Morgan fingerprint density at radius 1 is 1.52 bits per heavy atom. The highest BCUT2D eigenvalue weighted by molar-refractivity contribution is 5.90. The van der Waals surface area contributed by atoms with E-state index in [0.717, 1.165) is 25.9 Å². The number of amides is 1. The number of anilines is 1. The minimum absolute atomic E-state index is 0.0859. The fourth-order valence-electron chi connectivity index (χ4n) is 2.42. The summed E-state index contributed by atoms with van der Waals surface area (Å²) in [4.78, 5) is 11.9. The van der Waals surface area contributed by atoms with Gasteiger partial charge in [0, 0.05) is 18.2 Å². The van der Waals surface area contributed by atoms with Gasteiger partial charge in [0.15, 0.2) is 0 Å². The fraction of sp³-hybridized carbons (Fsp3) is 0.533. The summed E-state index contributed by atoms with van der Waals surface area (Å²) in [5, 5.41) is 5.98. The first kappa shape index (κ1) is 15.7. The molecule has 0 aliphatic carbocycles. The Bertz CT molecular complexity index is 489. The van der Waals surface area contributed by atoms with Crippen LogP contribution in [0.3, 0.4) is 0 Å². The number of alkyl halides is 2. The van der Waals surface area contributed by atoms with Crippen LogP contribution in [-0.4, -0.2) is 25.6 Å². The maximum atomic E-state index is 12.3. The van der Waals surface area contributed by atoms with Crippen LogP contribution in [0, 0.1) is 12.8 Å². The van der Waals surface area contributed by atoms with Crippen LogP contribution in [0.1, 0.15) is 24.8 Å². The second-order valence-corrected chi connectivity index (χ2v) is 5.30. The van der Waals surface area contributed by atoms with E-state index < -0.39 is 6.61 Å². The molecule has 0 spiro atoms. The fourth-order valence-corrected chi connectivity index (χ4v) is 2.42. The van der Waals surface area contributed by atoms with Crippen LogP contribution in [0.5, 0.6) is 5.75 Å².